The van der Waals surface area contributed by atoms with Crippen LogP contribution in [-0.4, -0.2) is 18.2 Å². The summed E-state index contributed by atoms with van der Waals surface area (Å²) in [5, 5.41) is 0. The second-order valence-corrected chi connectivity index (χ2v) is 8.10. The van der Waals surface area contributed by atoms with Crippen molar-refractivity contribution >= 4 is 0 Å². The molecular weight excluding hydrogens is 222 g/mol. The largest absolute Gasteiger partial charge is 0.374 e. The third kappa shape index (κ3) is 2.46. The molecule has 0 aliphatic heterocycles. The van der Waals surface area contributed by atoms with Crippen LogP contribution in [0.25, 0.3) is 0 Å². The average Bonchev–Trinajstić information content (AvgIpc) is 2.23. The van der Waals surface area contributed by atoms with Crippen molar-refractivity contribution in [1.29, 1.82) is 0 Å². The maximum absolute atomic E-state index is 6.48. The van der Waals surface area contributed by atoms with Crippen molar-refractivity contribution in [2.24, 2.45) is 35.3 Å². The Morgan fingerprint density at radius 2 is 1.50 bits per heavy atom. The highest BCUT2D eigenvalue weighted by molar-refractivity contribution is 5.01. The summed E-state index contributed by atoms with van der Waals surface area (Å²) in [7, 11) is 0. The number of nitrogens with two attached hydrogens (primary N) is 1. The summed E-state index contributed by atoms with van der Waals surface area (Å²) >= 11 is 0. The van der Waals surface area contributed by atoms with Gasteiger partial charge in [0.15, 0.2) is 0 Å². The Hall–Kier alpha value is -0.0800. The fourth-order valence-corrected chi connectivity index (χ4v) is 5.12. The third-order valence-electron chi connectivity index (χ3n) is 5.50. The number of rotatable bonds is 3. The topological polar surface area (TPSA) is 35.2 Å². The lowest BCUT2D eigenvalue weighted by molar-refractivity contribution is -0.0763. The Balaban J connectivity index is 1.62. The van der Waals surface area contributed by atoms with E-state index in [0.717, 1.165) is 36.2 Å². The van der Waals surface area contributed by atoms with E-state index in [4.69, 9.17) is 10.5 Å². The number of hydrogen-bond donors (Lipinski definition) is 1. The zero-order chi connectivity index (χ0) is 12.9. The van der Waals surface area contributed by atoms with Gasteiger partial charge in [-0.25, -0.2) is 0 Å². The minimum Gasteiger partial charge on any atom is -0.374 e. The second-order valence-electron chi connectivity index (χ2n) is 8.10. The first-order valence-corrected chi connectivity index (χ1v) is 7.82. The summed E-state index contributed by atoms with van der Waals surface area (Å²) in [6.07, 6.45) is 7.36. The van der Waals surface area contributed by atoms with Gasteiger partial charge in [-0.15, -0.1) is 0 Å². The molecule has 0 aromatic rings. The van der Waals surface area contributed by atoms with Crippen LogP contribution in [0.2, 0.25) is 0 Å². The molecule has 104 valence electrons. The molecule has 18 heavy (non-hydrogen) atoms. The van der Waals surface area contributed by atoms with E-state index >= 15 is 0 Å². The highest BCUT2D eigenvalue weighted by Crippen LogP contribution is 2.57. The molecule has 4 saturated carbocycles. The Morgan fingerprint density at radius 3 is 1.94 bits per heavy atom. The van der Waals surface area contributed by atoms with Gasteiger partial charge in [-0.05, 0) is 82.5 Å². The molecule has 4 aliphatic carbocycles. The molecule has 0 heterocycles. The highest BCUT2D eigenvalue weighted by atomic mass is 16.5. The minimum absolute atomic E-state index is 0.0520. The number of hydrogen-bond acceptors (Lipinski definition) is 2. The lowest BCUT2D eigenvalue weighted by atomic mass is 9.50. The molecule has 2 heteroatoms. The van der Waals surface area contributed by atoms with Gasteiger partial charge in [0, 0.05) is 6.04 Å². The first-order valence-electron chi connectivity index (χ1n) is 7.82. The van der Waals surface area contributed by atoms with Gasteiger partial charge in [0.1, 0.15) is 0 Å². The van der Waals surface area contributed by atoms with Crippen LogP contribution >= 0.6 is 0 Å². The molecule has 0 aromatic carbocycles. The molecule has 4 aliphatic rings. The van der Waals surface area contributed by atoms with E-state index in [1.54, 1.807) is 0 Å². The lowest BCUT2D eigenvalue weighted by Gasteiger charge is -2.56. The average molecular weight is 251 g/mol. The van der Waals surface area contributed by atoms with Gasteiger partial charge in [0.05, 0.1) is 12.2 Å². The second kappa shape index (κ2) is 4.49. The standard InChI is InChI=1S/C16H29NO/c1-16(2,3)18-9-14(17)15-12-5-10-4-11(7-12)8-13(15)6-10/h10-15H,4-9,17H2,1-3H3. The Morgan fingerprint density at radius 1 is 1.00 bits per heavy atom. The third-order valence-corrected chi connectivity index (χ3v) is 5.50. The predicted molar refractivity (Wildman–Crippen MR) is 74.2 cm³/mol. The van der Waals surface area contributed by atoms with Gasteiger partial charge in [0.2, 0.25) is 0 Å². The Bertz CT molecular complexity index is 279. The molecule has 0 spiro atoms. The summed E-state index contributed by atoms with van der Waals surface area (Å²) in [5.74, 6) is 4.67. The summed E-state index contributed by atoms with van der Waals surface area (Å²) in [6, 6.07) is 0.263. The molecule has 4 rings (SSSR count). The molecule has 0 saturated heterocycles. The minimum atomic E-state index is -0.0520. The predicted octanol–water partition coefficient (Wildman–Crippen LogP) is 3.20. The molecule has 0 aromatic heterocycles. The highest BCUT2D eigenvalue weighted by Gasteiger charge is 2.49. The summed E-state index contributed by atoms with van der Waals surface area (Å²) in [5.41, 5.74) is 6.43. The van der Waals surface area contributed by atoms with E-state index < -0.39 is 0 Å². The molecule has 1 unspecified atom stereocenters. The molecule has 0 radical (unpaired) electrons. The van der Waals surface area contributed by atoms with E-state index in [2.05, 4.69) is 20.8 Å². The zero-order valence-electron chi connectivity index (χ0n) is 12.2. The quantitative estimate of drug-likeness (QED) is 0.836. The molecule has 2 N–H and O–H groups in total. The van der Waals surface area contributed by atoms with Gasteiger partial charge >= 0.3 is 0 Å². The van der Waals surface area contributed by atoms with Gasteiger partial charge in [0.25, 0.3) is 0 Å². The van der Waals surface area contributed by atoms with Crippen LogP contribution in [0, 0.1) is 29.6 Å². The van der Waals surface area contributed by atoms with Crippen molar-refractivity contribution in [2.45, 2.75) is 64.5 Å². The first-order chi connectivity index (χ1) is 8.42. The van der Waals surface area contributed by atoms with Crippen LogP contribution < -0.4 is 5.73 Å². The van der Waals surface area contributed by atoms with Crippen LogP contribution in [0.1, 0.15) is 52.9 Å². The lowest BCUT2D eigenvalue weighted by Crippen LogP contribution is -2.53. The Kier molecular flexibility index (Phi) is 3.22. The maximum atomic E-state index is 6.48. The van der Waals surface area contributed by atoms with Crippen LogP contribution in [-0.2, 0) is 4.74 Å². The van der Waals surface area contributed by atoms with Crippen molar-refractivity contribution in [1.82, 2.24) is 0 Å². The number of ether oxygens (including phenoxy) is 1. The smallest absolute Gasteiger partial charge is 0.0627 e. The van der Waals surface area contributed by atoms with E-state index in [9.17, 15) is 0 Å². The van der Waals surface area contributed by atoms with E-state index in [1.165, 1.54) is 32.1 Å². The van der Waals surface area contributed by atoms with Crippen molar-refractivity contribution in [3.8, 4) is 0 Å². The van der Waals surface area contributed by atoms with Crippen LogP contribution in [0.5, 0.6) is 0 Å². The summed E-state index contributed by atoms with van der Waals surface area (Å²) in [4.78, 5) is 0. The monoisotopic (exact) mass is 251 g/mol. The summed E-state index contributed by atoms with van der Waals surface area (Å²) < 4.78 is 5.92. The van der Waals surface area contributed by atoms with Gasteiger partial charge < -0.3 is 10.5 Å². The van der Waals surface area contributed by atoms with Gasteiger partial charge in [-0.2, -0.15) is 0 Å². The fraction of sp³-hybridized carbons (Fsp3) is 1.00. The SMILES string of the molecule is CC(C)(C)OCC(N)C1C2CC3CC(C2)CC1C3. The van der Waals surface area contributed by atoms with Crippen LogP contribution in [0.15, 0.2) is 0 Å². The summed E-state index contributed by atoms with van der Waals surface area (Å²) in [6.45, 7) is 7.11. The van der Waals surface area contributed by atoms with E-state index in [-0.39, 0.29) is 11.6 Å². The van der Waals surface area contributed by atoms with Crippen LogP contribution in [0.4, 0.5) is 0 Å². The van der Waals surface area contributed by atoms with Crippen molar-refractivity contribution in [2.75, 3.05) is 6.61 Å². The van der Waals surface area contributed by atoms with E-state index in [1.807, 2.05) is 0 Å². The Labute approximate surface area is 112 Å². The van der Waals surface area contributed by atoms with Crippen molar-refractivity contribution in [3.63, 3.8) is 0 Å². The molecule has 4 bridgehead atoms. The van der Waals surface area contributed by atoms with Gasteiger partial charge in [-0.1, -0.05) is 0 Å². The molecule has 2 nitrogen and oxygen atoms in total. The van der Waals surface area contributed by atoms with E-state index in [0.29, 0.717) is 0 Å². The molecule has 0 amide bonds. The van der Waals surface area contributed by atoms with Crippen molar-refractivity contribution in [3.05, 3.63) is 0 Å². The fourth-order valence-electron chi connectivity index (χ4n) is 5.12. The molecule has 1 atom stereocenters. The maximum Gasteiger partial charge on any atom is 0.0627 e. The van der Waals surface area contributed by atoms with Crippen LogP contribution in [0.3, 0.4) is 0 Å². The molecular formula is C16H29NO. The first kappa shape index (κ1) is 12.9. The normalized spacial score (nSPS) is 44.3. The van der Waals surface area contributed by atoms with Crippen molar-refractivity contribution < 1.29 is 4.74 Å². The van der Waals surface area contributed by atoms with Gasteiger partial charge in [-0.3, -0.25) is 0 Å². The molecule has 4 fully saturated rings. The zero-order valence-corrected chi connectivity index (χ0v) is 12.2.